The Morgan fingerprint density at radius 2 is 0.957 bits per heavy atom. The minimum Gasteiger partial charge on any atom is -0.698 e. The molecule has 0 saturated heterocycles. The first-order valence-electron chi connectivity index (χ1n) is 24.2. The van der Waals surface area contributed by atoms with Crippen LogP contribution in [0, 0.1) is 0 Å². The van der Waals surface area contributed by atoms with Gasteiger partial charge in [-0.1, -0.05) is 104 Å². The van der Waals surface area contributed by atoms with Crippen LogP contribution in [-0.2, 0) is 96.9 Å². The second-order valence-corrected chi connectivity index (χ2v) is 15.6. The van der Waals surface area contributed by atoms with Crippen molar-refractivity contribution in [2.75, 3.05) is 72.5 Å². The van der Waals surface area contributed by atoms with E-state index in [0.29, 0.717) is 32.2 Å². The number of unbranched alkanes of at least 4 members (excludes halogenated alkanes) is 14. The number of hydrogen-bond acceptors (Lipinski definition) is 13. The largest absolute Gasteiger partial charge is 0.698 e. The topological polar surface area (TPSA) is 312 Å². The molecule has 0 rings (SSSR count). The molecule has 3 unspecified atom stereocenters. The van der Waals surface area contributed by atoms with Gasteiger partial charge in [-0.25, -0.2) is 10.8 Å². The minimum absolute atomic E-state index is 0. The molecule has 0 heterocycles. The van der Waals surface area contributed by atoms with Crippen molar-refractivity contribution < 1.29 is 107 Å². The number of aliphatic carboxylic acids is 2. The Bertz CT molecular complexity index is 1300. The molecule has 0 bridgehead atoms. The minimum atomic E-state index is -1.19. The number of carboxylic acids is 2. The van der Waals surface area contributed by atoms with Crippen molar-refractivity contribution in [1.29, 1.82) is 0 Å². The van der Waals surface area contributed by atoms with Gasteiger partial charge in [0.25, 0.3) is 0 Å². The number of hydrogen-bond donors (Lipinski definition) is 7. The second-order valence-electron chi connectivity index (χ2n) is 15.6. The molecule has 0 spiro atoms. The Kier molecular flexibility index (Phi) is 63.0. The zero-order valence-corrected chi connectivity index (χ0v) is 46.0. The molecule has 0 fully saturated rings. The summed E-state index contributed by atoms with van der Waals surface area (Å²) in [6.07, 6.45) is 18.8. The van der Waals surface area contributed by atoms with Crippen molar-refractivity contribution in [3.05, 3.63) is 5.73 Å². The van der Waals surface area contributed by atoms with Gasteiger partial charge in [-0.2, -0.15) is 0 Å². The first kappa shape index (κ1) is 75.2. The van der Waals surface area contributed by atoms with Crippen molar-refractivity contribution >= 4 is 55.4 Å². The Labute approximate surface area is 439 Å². The normalized spacial score (nSPS) is 11.6. The van der Waals surface area contributed by atoms with Gasteiger partial charge in [-0.05, 0) is 32.6 Å². The fourth-order valence-electron chi connectivity index (χ4n) is 5.73. The van der Waals surface area contributed by atoms with Crippen molar-refractivity contribution in [2.45, 2.75) is 174 Å². The van der Waals surface area contributed by atoms with Gasteiger partial charge in [0.2, 0.25) is 23.6 Å². The molecule has 69 heavy (non-hydrogen) atoms. The fourth-order valence-corrected chi connectivity index (χ4v) is 5.73. The van der Waals surface area contributed by atoms with Crippen LogP contribution in [0.15, 0.2) is 0 Å². The van der Waals surface area contributed by atoms with Gasteiger partial charge in [0.15, 0.2) is 7.85 Å². The summed E-state index contributed by atoms with van der Waals surface area (Å²) in [6, 6.07) is -2.49. The summed E-state index contributed by atoms with van der Waals surface area (Å²) in [5.74, 6) is -3.18. The van der Waals surface area contributed by atoms with E-state index >= 15 is 0 Å². The Hall–Kier alpha value is -2.74. The number of nitrogens with two attached hydrogens (primary N) is 1. The third kappa shape index (κ3) is 61.3. The SMILES string of the molecule is CC.[B]C(=O)C(C)N.[NH-]C([C-]=O)CCCCNC(=O)COCCOCCNC(=O)COCCOCCNC(=O)CCC(NC(=O)CCCCCCCCCCCCCCCCC(=O)O)C(=O)O.[V].[W]. The molecule has 399 valence electrons. The number of carbonyl (C=O) groups is 7. The van der Waals surface area contributed by atoms with Crippen LogP contribution in [-0.4, -0.2) is 156 Å². The smallest absolute Gasteiger partial charge is 0.326 e. The molecule has 3 radical (unpaired) electrons. The summed E-state index contributed by atoms with van der Waals surface area (Å²) in [6.45, 7) is 7.46. The number of amides is 4. The molecule has 0 aliphatic heterocycles. The molecule has 23 heteroatoms. The van der Waals surface area contributed by atoms with Crippen LogP contribution < -0.4 is 27.0 Å². The van der Waals surface area contributed by atoms with E-state index in [1.165, 1.54) is 44.9 Å². The Morgan fingerprint density at radius 3 is 1.36 bits per heavy atom. The van der Waals surface area contributed by atoms with Gasteiger partial charge in [0.05, 0.1) is 45.3 Å². The van der Waals surface area contributed by atoms with Crippen LogP contribution in [0.2, 0.25) is 0 Å². The molecule has 0 aromatic heterocycles. The number of nitrogens with one attached hydrogen (secondary N) is 5. The average molecular weight is 1190 g/mol. The summed E-state index contributed by atoms with van der Waals surface area (Å²) in [4.78, 5) is 90.3. The first-order valence-corrected chi connectivity index (χ1v) is 24.2. The average Bonchev–Trinajstić information content (AvgIpc) is 3.29. The second kappa shape index (κ2) is 57.8. The third-order valence-electron chi connectivity index (χ3n) is 9.52. The number of carbonyl (C=O) groups excluding carboxylic acids is 6. The molecule has 20 nitrogen and oxygen atoms in total. The van der Waals surface area contributed by atoms with Crippen LogP contribution in [0.4, 0.5) is 0 Å². The Balaban J connectivity index is -0.00000126. The van der Waals surface area contributed by atoms with E-state index in [0.717, 1.165) is 38.5 Å². The van der Waals surface area contributed by atoms with E-state index in [4.69, 9.17) is 35.5 Å². The molecule has 0 aromatic carbocycles. The summed E-state index contributed by atoms with van der Waals surface area (Å²) in [5, 5.41) is 28.7. The van der Waals surface area contributed by atoms with Gasteiger partial charge in [-0.15, -0.1) is 0 Å². The van der Waals surface area contributed by atoms with E-state index in [1.807, 2.05) is 13.8 Å². The van der Waals surface area contributed by atoms with Crippen molar-refractivity contribution in [3.8, 4) is 0 Å². The predicted molar refractivity (Wildman–Crippen MR) is 256 cm³/mol. The summed E-state index contributed by atoms with van der Waals surface area (Å²) in [7, 11) is 4.67. The van der Waals surface area contributed by atoms with E-state index in [-0.39, 0.29) is 155 Å². The standard InChI is InChI=1S/C41H73N5O13.C3H6BNO.C2H6.V.W/c42-34(31-47)17-15-16-22-43-38(50)32-58-29-28-57-26-24-45-39(51)33-59-30-27-56-25-23-44-36(48)21-20-35(41(54)55)46-37(49)18-13-11-9-7-5-3-1-2-4-6-8-10-12-14-19-40(52)53;1-2(5)3(4)6;1-2;;/h34-35,42H,1-30,32-33H2,(H,43,50)(H,44,48)(H,45,51)(H,46,49)(H,52,53)(H,54,55);2H,5H2,1H3;1-2H3;;/q-2;;;;. The monoisotopic (exact) mass is 1190 g/mol. The summed E-state index contributed by atoms with van der Waals surface area (Å²) < 4.78 is 21.2. The van der Waals surface area contributed by atoms with Gasteiger partial charge in [0, 0.05) is 84.6 Å². The maximum absolute atomic E-state index is 12.3. The summed E-state index contributed by atoms with van der Waals surface area (Å²) in [5.41, 5.74) is 11.8. The van der Waals surface area contributed by atoms with Gasteiger partial charge in [-0.3, -0.25) is 30.3 Å². The Morgan fingerprint density at radius 1 is 0.565 bits per heavy atom. The van der Waals surface area contributed by atoms with Crippen molar-refractivity contribution in [3.63, 3.8) is 0 Å². The molecule has 3 atom stereocenters. The van der Waals surface area contributed by atoms with Crippen LogP contribution in [0.1, 0.15) is 156 Å². The molecular formula is C46H85BN6O14VW-2. The van der Waals surface area contributed by atoms with Crippen molar-refractivity contribution in [2.24, 2.45) is 5.73 Å². The number of ether oxygens (including phenoxy) is 4. The van der Waals surface area contributed by atoms with Gasteiger partial charge < -0.3 is 71.5 Å². The van der Waals surface area contributed by atoms with E-state index in [1.54, 1.807) is 13.2 Å². The maximum Gasteiger partial charge on any atom is 0.326 e. The van der Waals surface area contributed by atoms with Gasteiger partial charge >= 0.3 is 11.9 Å². The number of rotatable bonds is 45. The van der Waals surface area contributed by atoms with Gasteiger partial charge in [0.1, 0.15) is 19.3 Å². The maximum atomic E-state index is 12.3. The molecular weight excluding hydrogens is 1110 g/mol. The first-order chi connectivity index (χ1) is 32.2. The van der Waals surface area contributed by atoms with E-state index in [9.17, 15) is 43.5 Å². The third-order valence-corrected chi connectivity index (χ3v) is 9.52. The molecule has 0 aromatic rings. The quantitative estimate of drug-likeness (QED) is 0.0259. The van der Waals surface area contributed by atoms with E-state index in [2.05, 4.69) is 29.1 Å². The fraction of sp³-hybridized carbons (Fsp3) is 0.826. The van der Waals surface area contributed by atoms with E-state index < -0.39 is 35.7 Å². The zero-order chi connectivity index (χ0) is 50.8. The number of carboxylic acid groups (broad SMARTS) is 2. The predicted octanol–water partition coefficient (Wildman–Crippen LogP) is 3.83. The van der Waals surface area contributed by atoms with Crippen LogP contribution in [0.25, 0.3) is 5.73 Å². The van der Waals surface area contributed by atoms with Crippen molar-refractivity contribution in [1.82, 2.24) is 21.3 Å². The summed E-state index contributed by atoms with van der Waals surface area (Å²) >= 11 is 0. The molecule has 0 saturated carbocycles. The molecule has 4 amide bonds. The molecule has 0 aliphatic rings. The van der Waals surface area contributed by atoms with Crippen LogP contribution >= 0.6 is 0 Å². The van der Waals surface area contributed by atoms with Crippen LogP contribution in [0.3, 0.4) is 0 Å². The zero-order valence-electron chi connectivity index (χ0n) is 41.7. The molecule has 0 aliphatic carbocycles. The molecule has 9 N–H and O–H groups in total. The van der Waals surface area contributed by atoms with Crippen LogP contribution in [0.5, 0.6) is 0 Å².